The molecule has 0 unspecified atom stereocenters. The van der Waals surface area contributed by atoms with Gasteiger partial charge in [0.1, 0.15) is 0 Å². The molecule has 11 heavy (non-hydrogen) atoms. The minimum atomic E-state index is -0.842. The number of ether oxygens (including phenoxy) is 1. The highest BCUT2D eigenvalue weighted by Gasteiger charge is 2.03. The Morgan fingerprint density at radius 1 is 1.36 bits per heavy atom. The molecule has 0 aliphatic heterocycles. The number of rotatable bonds is 1. The van der Waals surface area contributed by atoms with Gasteiger partial charge in [0.2, 0.25) is 0 Å². The predicted molar refractivity (Wildman–Crippen MR) is 37.5 cm³/mol. The molecule has 6 heteroatoms. The second-order valence-corrected chi connectivity index (χ2v) is 2.07. The standard InChI is InChI=1S/C5H11N3O3/c1-3(2)11-5(10)8-7-4(6)9/h3H,1-2H3,(H,8,10)(H3,6,7,9). The lowest BCUT2D eigenvalue weighted by Gasteiger charge is -2.08. The van der Waals surface area contributed by atoms with Crippen LogP contribution in [0.1, 0.15) is 13.8 Å². The quantitative estimate of drug-likeness (QED) is 0.461. The van der Waals surface area contributed by atoms with Gasteiger partial charge in [0.05, 0.1) is 6.10 Å². The molecule has 0 aliphatic rings. The number of carbonyl (C=O) groups is 2. The van der Waals surface area contributed by atoms with Gasteiger partial charge in [-0.25, -0.2) is 20.4 Å². The van der Waals surface area contributed by atoms with Crippen LogP contribution in [0.2, 0.25) is 0 Å². The van der Waals surface area contributed by atoms with E-state index in [1.54, 1.807) is 13.8 Å². The summed E-state index contributed by atoms with van der Waals surface area (Å²) < 4.78 is 4.58. The van der Waals surface area contributed by atoms with Gasteiger partial charge in [-0.2, -0.15) is 0 Å². The molecule has 0 atom stereocenters. The van der Waals surface area contributed by atoms with Crippen LogP contribution in [0.15, 0.2) is 0 Å². The third-order valence-corrected chi connectivity index (χ3v) is 0.631. The Balaban J connectivity index is 3.45. The van der Waals surface area contributed by atoms with E-state index >= 15 is 0 Å². The fraction of sp³-hybridized carbons (Fsp3) is 0.600. The summed E-state index contributed by atoms with van der Waals surface area (Å²) >= 11 is 0. The first kappa shape index (κ1) is 9.54. The monoisotopic (exact) mass is 161 g/mol. The Labute approximate surface area is 64.0 Å². The zero-order valence-corrected chi connectivity index (χ0v) is 6.38. The molecule has 4 N–H and O–H groups in total. The zero-order valence-electron chi connectivity index (χ0n) is 6.38. The fourth-order valence-corrected chi connectivity index (χ4v) is 0.356. The van der Waals surface area contributed by atoms with Gasteiger partial charge in [-0.05, 0) is 13.8 Å². The van der Waals surface area contributed by atoms with E-state index in [-0.39, 0.29) is 6.10 Å². The van der Waals surface area contributed by atoms with Crippen molar-refractivity contribution in [3.8, 4) is 0 Å². The first-order valence-electron chi connectivity index (χ1n) is 3.04. The second-order valence-electron chi connectivity index (χ2n) is 2.07. The molecule has 0 rings (SSSR count). The van der Waals surface area contributed by atoms with E-state index in [0.29, 0.717) is 0 Å². The van der Waals surface area contributed by atoms with Crippen LogP contribution in [0.5, 0.6) is 0 Å². The van der Waals surface area contributed by atoms with Crippen molar-refractivity contribution in [3.05, 3.63) is 0 Å². The molecule has 0 radical (unpaired) electrons. The van der Waals surface area contributed by atoms with Crippen LogP contribution in [0.25, 0.3) is 0 Å². The van der Waals surface area contributed by atoms with E-state index < -0.39 is 12.1 Å². The van der Waals surface area contributed by atoms with E-state index in [2.05, 4.69) is 10.5 Å². The predicted octanol–water partition coefficient (Wildman–Crippen LogP) is -0.296. The molecule has 3 amide bonds. The van der Waals surface area contributed by atoms with Crippen LogP contribution in [-0.4, -0.2) is 18.2 Å². The van der Waals surface area contributed by atoms with Crippen molar-refractivity contribution in [3.63, 3.8) is 0 Å². The molecule has 0 aromatic heterocycles. The third kappa shape index (κ3) is 6.42. The van der Waals surface area contributed by atoms with Crippen molar-refractivity contribution in [2.45, 2.75) is 20.0 Å². The Hall–Kier alpha value is -1.46. The van der Waals surface area contributed by atoms with Crippen LogP contribution in [0.4, 0.5) is 9.59 Å². The molecule has 64 valence electrons. The van der Waals surface area contributed by atoms with Crippen LogP contribution >= 0.6 is 0 Å². The molecule has 0 aliphatic carbocycles. The van der Waals surface area contributed by atoms with E-state index in [1.807, 2.05) is 10.9 Å². The molecule has 0 saturated carbocycles. The Kier molecular flexibility index (Phi) is 3.79. The fourth-order valence-electron chi connectivity index (χ4n) is 0.356. The van der Waals surface area contributed by atoms with E-state index in [4.69, 9.17) is 0 Å². The summed E-state index contributed by atoms with van der Waals surface area (Å²) in [5.41, 5.74) is 8.44. The maximum Gasteiger partial charge on any atom is 0.426 e. The van der Waals surface area contributed by atoms with Crippen LogP contribution in [0.3, 0.4) is 0 Å². The van der Waals surface area contributed by atoms with Gasteiger partial charge in [0.25, 0.3) is 0 Å². The highest BCUT2D eigenvalue weighted by molar-refractivity contribution is 5.76. The number of nitrogens with two attached hydrogens (primary N) is 1. The molecule has 0 heterocycles. The van der Waals surface area contributed by atoms with Gasteiger partial charge < -0.3 is 10.5 Å². The summed E-state index contributed by atoms with van der Waals surface area (Å²) in [5.74, 6) is 0. The lowest BCUT2D eigenvalue weighted by Crippen LogP contribution is -2.45. The number of hydrogen-bond acceptors (Lipinski definition) is 3. The van der Waals surface area contributed by atoms with Gasteiger partial charge in [-0.1, -0.05) is 0 Å². The molecule has 0 aromatic rings. The average molecular weight is 161 g/mol. The summed E-state index contributed by atoms with van der Waals surface area (Å²) in [6.07, 6.45) is -0.969. The van der Waals surface area contributed by atoms with Crippen LogP contribution < -0.4 is 16.6 Å². The largest absolute Gasteiger partial charge is 0.446 e. The molecular weight excluding hydrogens is 150 g/mol. The number of hydrogen-bond donors (Lipinski definition) is 3. The van der Waals surface area contributed by atoms with Crippen molar-refractivity contribution < 1.29 is 14.3 Å². The lowest BCUT2D eigenvalue weighted by molar-refractivity contribution is 0.112. The number of hydrazine groups is 1. The zero-order chi connectivity index (χ0) is 8.85. The lowest BCUT2D eigenvalue weighted by atomic mass is 10.5. The number of amides is 3. The molecule has 6 nitrogen and oxygen atoms in total. The van der Waals surface area contributed by atoms with Crippen molar-refractivity contribution in [1.82, 2.24) is 10.9 Å². The highest BCUT2D eigenvalue weighted by Crippen LogP contribution is 1.86. The summed E-state index contributed by atoms with van der Waals surface area (Å²) in [7, 11) is 0. The molecule has 0 bridgehead atoms. The van der Waals surface area contributed by atoms with Crippen molar-refractivity contribution >= 4 is 12.1 Å². The molecule has 0 saturated heterocycles. The normalized spacial score (nSPS) is 9.00. The summed E-state index contributed by atoms with van der Waals surface area (Å²) in [4.78, 5) is 20.6. The average Bonchev–Trinajstić information content (AvgIpc) is 1.82. The van der Waals surface area contributed by atoms with Crippen molar-refractivity contribution in [1.29, 1.82) is 0 Å². The SMILES string of the molecule is CC(C)OC(=O)NNC(N)=O. The van der Waals surface area contributed by atoms with E-state index in [1.165, 1.54) is 0 Å². The smallest absolute Gasteiger partial charge is 0.426 e. The molecule has 0 fully saturated rings. The maximum absolute atomic E-state index is 10.6. The van der Waals surface area contributed by atoms with Crippen molar-refractivity contribution in [2.75, 3.05) is 0 Å². The number of nitrogens with one attached hydrogen (secondary N) is 2. The summed E-state index contributed by atoms with van der Waals surface area (Å²) in [5, 5.41) is 0. The van der Waals surface area contributed by atoms with Gasteiger partial charge in [-0.15, -0.1) is 0 Å². The highest BCUT2D eigenvalue weighted by atomic mass is 16.6. The van der Waals surface area contributed by atoms with Gasteiger partial charge in [0.15, 0.2) is 0 Å². The molecular formula is C5H11N3O3. The Morgan fingerprint density at radius 2 is 1.91 bits per heavy atom. The topological polar surface area (TPSA) is 93.4 Å². The number of primary amides is 1. The van der Waals surface area contributed by atoms with Crippen LogP contribution in [0, 0.1) is 0 Å². The number of carbonyl (C=O) groups excluding carboxylic acids is 2. The molecule has 0 spiro atoms. The first-order valence-corrected chi connectivity index (χ1v) is 3.04. The van der Waals surface area contributed by atoms with E-state index in [0.717, 1.165) is 0 Å². The summed E-state index contributed by atoms with van der Waals surface area (Å²) in [6, 6.07) is -0.842. The van der Waals surface area contributed by atoms with Crippen molar-refractivity contribution in [2.24, 2.45) is 5.73 Å². The minimum Gasteiger partial charge on any atom is -0.446 e. The summed E-state index contributed by atoms with van der Waals surface area (Å²) in [6.45, 7) is 3.37. The first-order chi connectivity index (χ1) is 5.02. The Morgan fingerprint density at radius 3 is 2.27 bits per heavy atom. The minimum absolute atomic E-state index is 0.232. The third-order valence-electron chi connectivity index (χ3n) is 0.631. The maximum atomic E-state index is 10.6. The second kappa shape index (κ2) is 4.37. The number of urea groups is 1. The van der Waals surface area contributed by atoms with E-state index in [9.17, 15) is 9.59 Å². The Bertz CT molecular complexity index is 157. The van der Waals surface area contributed by atoms with Gasteiger partial charge >= 0.3 is 12.1 Å². The van der Waals surface area contributed by atoms with Gasteiger partial charge in [0, 0.05) is 0 Å². The van der Waals surface area contributed by atoms with Crippen LogP contribution in [-0.2, 0) is 4.74 Å². The molecule has 0 aromatic carbocycles. The van der Waals surface area contributed by atoms with Gasteiger partial charge in [-0.3, -0.25) is 0 Å².